The molecule has 1 aliphatic rings. The van der Waals surface area contributed by atoms with Crippen molar-refractivity contribution in [2.24, 2.45) is 22.5 Å². The van der Waals surface area contributed by atoms with E-state index < -0.39 is 53.3 Å². The van der Waals surface area contributed by atoms with Gasteiger partial charge in [-0.3, -0.25) is 19.2 Å². The Morgan fingerprint density at radius 1 is 0.881 bits per heavy atom. The Morgan fingerprint density at radius 2 is 1.50 bits per heavy atom. The highest BCUT2D eigenvalue weighted by molar-refractivity contribution is 5.91. The fourth-order valence-electron chi connectivity index (χ4n) is 6.03. The molecule has 242 valence electrons. The van der Waals surface area contributed by atoms with Crippen LogP contribution in [-0.2, 0) is 24.0 Å². The third kappa shape index (κ3) is 14.0. The standard InChI is InChI=1S/C30H54N4O8/c1-19(32-28(42)30(4,5)18-29(2,3)16-20-10-7-6-8-11-20)25(37)34-23(27(40)41)14-15-24(36)33-21(17-35)12-9-13-22(31)26(38)39/h19-23,35H,6-18,31H2,1-5H3,(H,32,42)(H,33,36)(H,34,37)(H,38,39)(H,40,41). The van der Waals surface area contributed by atoms with Crippen LogP contribution in [0.4, 0.5) is 0 Å². The molecule has 0 aromatic heterocycles. The highest BCUT2D eigenvalue weighted by Crippen LogP contribution is 2.41. The maximum absolute atomic E-state index is 13.1. The SMILES string of the molecule is CC(NC(=O)C(C)(C)CC(C)(C)CC1CCCCC1)C(=O)NC(CCC(=O)NC(CO)CCCC(N)C(=O)O)C(=O)O. The van der Waals surface area contributed by atoms with Crippen molar-refractivity contribution in [3.8, 4) is 0 Å². The van der Waals surface area contributed by atoms with Gasteiger partial charge in [0.2, 0.25) is 17.7 Å². The lowest BCUT2D eigenvalue weighted by molar-refractivity contribution is -0.143. The number of carbonyl (C=O) groups is 5. The fraction of sp³-hybridized carbons (Fsp3) is 0.833. The maximum Gasteiger partial charge on any atom is 0.326 e. The number of amides is 3. The van der Waals surface area contributed by atoms with E-state index in [0.29, 0.717) is 25.2 Å². The second kappa shape index (κ2) is 17.4. The first kappa shape index (κ1) is 37.3. The van der Waals surface area contributed by atoms with E-state index in [0.717, 1.165) is 6.42 Å². The van der Waals surface area contributed by atoms with Crippen LogP contribution < -0.4 is 21.7 Å². The van der Waals surface area contributed by atoms with Crippen molar-refractivity contribution in [1.82, 2.24) is 16.0 Å². The third-order valence-corrected chi connectivity index (χ3v) is 8.09. The molecule has 1 aliphatic carbocycles. The van der Waals surface area contributed by atoms with Gasteiger partial charge in [0.15, 0.2) is 0 Å². The van der Waals surface area contributed by atoms with Gasteiger partial charge < -0.3 is 37.0 Å². The summed E-state index contributed by atoms with van der Waals surface area (Å²) >= 11 is 0. The van der Waals surface area contributed by atoms with E-state index >= 15 is 0 Å². The van der Waals surface area contributed by atoms with Gasteiger partial charge >= 0.3 is 11.9 Å². The first-order valence-corrected chi connectivity index (χ1v) is 15.2. The average molecular weight is 599 g/mol. The molecule has 0 heterocycles. The van der Waals surface area contributed by atoms with E-state index in [-0.39, 0.29) is 37.2 Å². The molecular formula is C30H54N4O8. The minimum atomic E-state index is -1.36. The van der Waals surface area contributed by atoms with Crippen molar-refractivity contribution in [3.05, 3.63) is 0 Å². The summed E-state index contributed by atoms with van der Waals surface area (Å²) in [5, 5.41) is 35.7. The van der Waals surface area contributed by atoms with Crippen LogP contribution >= 0.6 is 0 Å². The van der Waals surface area contributed by atoms with Crippen molar-refractivity contribution in [3.63, 3.8) is 0 Å². The number of carboxylic acids is 2. The largest absolute Gasteiger partial charge is 0.480 e. The summed E-state index contributed by atoms with van der Waals surface area (Å²) in [5.41, 5.74) is 4.67. The van der Waals surface area contributed by atoms with Crippen LogP contribution in [0.1, 0.15) is 112 Å². The Hall–Kier alpha value is -2.73. The van der Waals surface area contributed by atoms with E-state index in [1.165, 1.54) is 39.0 Å². The molecule has 12 nitrogen and oxygen atoms in total. The van der Waals surface area contributed by atoms with Crippen molar-refractivity contribution >= 4 is 29.7 Å². The summed E-state index contributed by atoms with van der Waals surface area (Å²) in [6, 6.07) is -4.00. The molecule has 0 saturated heterocycles. The van der Waals surface area contributed by atoms with Crippen LogP contribution in [0.5, 0.6) is 0 Å². The number of rotatable bonds is 19. The second-order valence-corrected chi connectivity index (χ2v) is 13.4. The summed E-state index contributed by atoms with van der Waals surface area (Å²) < 4.78 is 0. The van der Waals surface area contributed by atoms with E-state index in [4.69, 9.17) is 10.8 Å². The minimum absolute atomic E-state index is 0.0519. The number of carbonyl (C=O) groups excluding carboxylic acids is 3. The highest BCUT2D eigenvalue weighted by atomic mass is 16.4. The van der Waals surface area contributed by atoms with Crippen molar-refractivity contribution in [2.75, 3.05) is 6.61 Å². The lowest BCUT2D eigenvalue weighted by Gasteiger charge is -2.37. The Bertz CT molecular complexity index is 917. The smallest absolute Gasteiger partial charge is 0.326 e. The van der Waals surface area contributed by atoms with Crippen molar-refractivity contribution < 1.29 is 39.3 Å². The summed E-state index contributed by atoms with van der Waals surface area (Å²) in [4.78, 5) is 60.9. The Balaban J connectivity index is 2.58. The normalized spacial score (nSPS) is 17.4. The Kier molecular flexibility index (Phi) is 15.5. The molecule has 42 heavy (non-hydrogen) atoms. The van der Waals surface area contributed by atoms with E-state index in [1.54, 1.807) is 0 Å². The quantitative estimate of drug-likeness (QED) is 0.116. The van der Waals surface area contributed by atoms with Gasteiger partial charge in [0, 0.05) is 11.8 Å². The summed E-state index contributed by atoms with van der Waals surface area (Å²) in [5.74, 6) is -3.25. The molecule has 12 heteroatoms. The molecule has 1 saturated carbocycles. The zero-order chi connectivity index (χ0) is 32.1. The molecule has 8 N–H and O–H groups in total. The first-order valence-electron chi connectivity index (χ1n) is 15.2. The van der Waals surface area contributed by atoms with E-state index in [1.807, 2.05) is 13.8 Å². The second-order valence-electron chi connectivity index (χ2n) is 13.4. The van der Waals surface area contributed by atoms with Gasteiger partial charge in [-0.25, -0.2) is 4.79 Å². The van der Waals surface area contributed by atoms with Crippen molar-refractivity contribution in [1.29, 1.82) is 0 Å². The topological polar surface area (TPSA) is 208 Å². The average Bonchev–Trinajstić information content (AvgIpc) is 2.89. The molecule has 0 aromatic carbocycles. The highest BCUT2D eigenvalue weighted by Gasteiger charge is 2.37. The third-order valence-electron chi connectivity index (χ3n) is 8.09. The van der Waals surface area contributed by atoms with E-state index in [9.17, 15) is 34.2 Å². The summed E-state index contributed by atoms with van der Waals surface area (Å²) in [6.45, 7) is 9.18. The van der Waals surface area contributed by atoms with Crippen LogP contribution in [0.3, 0.4) is 0 Å². The van der Waals surface area contributed by atoms with Gasteiger partial charge in [0.25, 0.3) is 0 Å². The summed E-state index contributed by atoms with van der Waals surface area (Å²) in [7, 11) is 0. The molecule has 0 aliphatic heterocycles. The molecule has 0 aromatic rings. The monoisotopic (exact) mass is 598 g/mol. The predicted molar refractivity (Wildman–Crippen MR) is 158 cm³/mol. The number of nitrogens with one attached hydrogen (secondary N) is 3. The first-order chi connectivity index (χ1) is 19.5. The van der Waals surface area contributed by atoms with Crippen LogP contribution in [0.15, 0.2) is 0 Å². The van der Waals surface area contributed by atoms with Crippen molar-refractivity contribution in [2.45, 2.75) is 136 Å². The molecule has 0 bridgehead atoms. The summed E-state index contributed by atoms with van der Waals surface area (Å²) in [6.07, 6.45) is 8.37. The van der Waals surface area contributed by atoms with Crippen LogP contribution in [-0.4, -0.2) is 75.8 Å². The van der Waals surface area contributed by atoms with Gasteiger partial charge in [0.1, 0.15) is 18.1 Å². The number of hydrogen-bond donors (Lipinski definition) is 7. The fourth-order valence-corrected chi connectivity index (χ4v) is 6.03. The molecule has 4 unspecified atom stereocenters. The molecule has 0 spiro atoms. The number of carboxylic acid groups (broad SMARTS) is 2. The lowest BCUT2D eigenvalue weighted by atomic mass is 9.68. The van der Waals surface area contributed by atoms with Gasteiger partial charge in [-0.2, -0.15) is 0 Å². The number of hydrogen-bond acceptors (Lipinski definition) is 7. The van der Waals surface area contributed by atoms with Gasteiger partial charge in [-0.05, 0) is 56.8 Å². The van der Waals surface area contributed by atoms with Gasteiger partial charge in [-0.15, -0.1) is 0 Å². The molecule has 1 fully saturated rings. The Morgan fingerprint density at radius 3 is 2.05 bits per heavy atom. The number of nitrogens with two attached hydrogens (primary N) is 1. The molecular weight excluding hydrogens is 544 g/mol. The van der Waals surface area contributed by atoms with Gasteiger partial charge in [-0.1, -0.05) is 59.8 Å². The Labute approximate surface area is 249 Å². The predicted octanol–water partition coefficient (Wildman–Crippen LogP) is 2.31. The van der Waals surface area contributed by atoms with Crippen LogP contribution in [0, 0.1) is 16.7 Å². The molecule has 3 amide bonds. The molecule has 1 rings (SSSR count). The molecule has 0 radical (unpaired) electrons. The maximum atomic E-state index is 13.1. The van der Waals surface area contributed by atoms with Crippen LogP contribution in [0.25, 0.3) is 0 Å². The molecule has 4 atom stereocenters. The van der Waals surface area contributed by atoms with Crippen LogP contribution in [0.2, 0.25) is 0 Å². The lowest BCUT2D eigenvalue weighted by Crippen LogP contribution is -2.53. The number of aliphatic hydroxyl groups is 1. The minimum Gasteiger partial charge on any atom is -0.480 e. The number of aliphatic carboxylic acids is 2. The number of aliphatic hydroxyl groups excluding tert-OH is 1. The zero-order valence-corrected chi connectivity index (χ0v) is 26.0. The van der Waals surface area contributed by atoms with E-state index in [2.05, 4.69) is 29.8 Å². The van der Waals surface area contributed by atoms with Gasteiger partial charge in [0.05, 0.1) is 12.6 Å². The zero-order valence-electron chi connectivity index (χ0n) is 26.0.